The first-order valence-corrected chi connectivity index (χ1v) is 11.8. The van der Waals surface area contributed by atoms with Gasteiger partial charge in [0, 0.05) is 30.0 Å². The van der Waals surface area contributed by atoms with E-state index in [1.165, 1.54) is 0 Å². The predicted molar refractivity (Wildman–Crippen MR) is 134 cm³/mol. The molecule has 0 spiro atoms. The topological polar surface area (TPSA) is 80.4 Å². The Balaban J connectivity index is 1.21. The van der Waals surface area contributed by atoms with Crippen molar-refractivity contribution >= 4 is 17.5 Å². The fourth-order valence-electron chi connectivity index (χ4n) is 4.55. The molecular weight excluding hydrogens is 440 g/mol. The first-order chi connectivity index (χ1) is 16.9. The first kappa shape index (κ1) is 22.7. The molecule has 1 aliphatic heterocycles. The van der Waals surface area contributed by atoms with E-state index >= 15 is 0 Å². The number of nitrogens with zero attached hydrogens (tertiary/aromatic N) is 3. The number of fused-ring (bicyclic) bond motifs is 1. The standard InChI is InChI=1S/C28H28N4O3/c1-18-5-4-6-23(13-18)28(34)31-12-11-22-15-21(7-9-25(22)31)16-29-27(33)26-10-8-24(35-26)17-32-20(3)14-19(2)30-32/h4-10,13-15H,11-12,16-17H2,1-3H3,(H,29,33). The Labute approximate surface area is 204 Å². The summed E-state index contributed by atoms with van der Waals surface area (Å²) in [5, 5.41) is 7.36. The highest BCUT2D eigenvalue weighted by Crippen LogP contribution is 2.30. The third-order valence-corrected chi connectivity index (χ3v) is 6.30. The lowest BCUT2D eigenvalue weighted by Crippen LogP contribution is -2.28. The quantitative estimate of drug-likeness (QED) is 0.449. The van der Waals surface area contributed by atoms with Gasteiger partial charge < -0.3 is 14.6 Å². The minimum Gasteiger partial charge on any atom is -0.454 e. The summed E-state index contributed by atoms with van der Waals surface area (Å²) in [6, 6.07) is 19.2. The number of carbonyl (C=O) groups is 2. The molecule has 0 unspecified atom stereocenters. The zero-order valence-corrected chi connectivity index (χ0v) is 20.2. The second-order valence-electron chi connectivity index (χ2n) is 9.07. The molecule has 3 heterocycles. The van der Waals surface area contributed by atoms with Gasteiger partial charge in [-0.3, -0.25) is 14.3 Å². The van der Waals surface area contributed by atoms with E-state index in [0.717, 1.165) is 40.2 Å². The maximum atomic E-state index is 13.0. The molecule has 0 saturated carbocycles. The summed E-state index contributed by atoms with van der Waals surface area (Å²) in [7, 11) is 0. The SMILES string of the molecule is Cc1cccc(C(=O)N2CCc3cc(CNC(=O)c4ccc(Cn5nc(C)cc5C)o4)ccc32)c1. The molecule has 35 heavy (non-hydrogen) atoms. The van der Waals surface area contributed by atoms with Crippen molar-refractivity contribution in [2.75, 3.05) is 11.4 Å². The zero-order chi connectivity index (χ0) is 24.5. The Morgan fingerprint density at radius 3 is 2.66 bits per heavy atom. The fourth-order valence-corrected chi connectivity index (χ4v) is 4.55. The van der Waals surface area contributed by atoms with Crippen LogP contribution in [0.5, 0.6) is 0 Å². The number of benzene rings is 2. The van der Waals surface area contributed by atoms with Crippen LogP contribution in [0.1, 0.15) is 54.8 Å². The van der Waals surface area contributed by atoms with E-state index in [4.69, 9.17) is 4.42 Å². The average Bonchev–Trinajstić information content (AvgIpc) is 3.55. The van der Waals surface area contributed by atoms with Crippen LogP contribution < -0.4 is 10.2 Å². The Morgan fingerprint density at radius 1 is 1.03 bits per heavy atom. The maximum absolute atomic E-state index is 13.0. The van der Waals surface area contributed by atoms with E-state index in [1.807, 2.05) is 72.8 Å². The number of aryl methyl sites for hydroxylation is 3. The van der Waals surface area contributed by atoms with Gasteiger partial charge in [-0.15, -0.1) is 0 Å². The van der Waals surface area contributed by atoms with Crippen molar-refractivity contribution in [3.05, 3.63) is 106 Å². The van der Waals surface area contributed by atoms with Crippen molar-refractivity contribution in [2.45, 2.75) is 40.3 Å². The minimum atomic E-state index is -0.263. The van der Waals surface area contributed by atoms with Crippen molar-refractivity contribution in [2.24, 2.45) is 0 Å². The van der Waals surface area contributed by atoms with Gasteiger partial charge in [0.05, 0.1) is 12.2 Å². The number of furan rings is 1. The summed E-state index contributed by atoms with van der Waals surface area (Å²) in [4.78, 5) is 27.5. The van der Waals surface area contributed by atoms with Gasteiger partial charge in [-0.25, -0.2) is 0 Å². The summed E-state index contributed by atoms with van der Waals surface area (Å²) in [6.45, 7) is 7.44. The lowest BCUT2D eigenvalue weighted by molar-refractivity contribution is 0.0920. The molecule has 7 heteroatoms. The third kappa shape index (κ3) is 4.75. The van der Waals surface area contributed by atoms with Crippen molar-refractivity contribution in [3.63, 3.8) is 0 Å². The largest absolute Gasteiger partial charge is 0.454 e. The monoisotopic (exact) mass is 468 g/mol. The molecule has 0 fully saturated rings. The molecule has 7 nitrogen and oxygen atoms in total. The van der Waals surface area contributed by atoms with Gasteiger partial charge in [-0.2, -0.15) is 5.10 Å². The van der Waals surface area contributed by atoms with Crippen LogP contribution >= 0.6 is 0 Å². The first-order valence-electron chi connectivity index (χ1n) is 11.8. The van der Waals surface area contributed by atoms with Crippen molar-refractivity contribution < 1.29 is 14.0 Å². The predicted octanol–water partition coefficient (Wildman–Crippen LogP) is 4.58. The van der Waals surface area contributed by atoms with Crippen LogP contribution in [0.4, 0.5) is 5.69 Å². The van der Waals surface area contributed by atoms with Crippen molar-refractivity contribution in [3.8, 4) is 0 Å². The third-order valence-electron chi connectivity index (χ3n) is 6.30. The van der Waals surface area contributed by atoms with E-state index < -0.39 is 0 Å². The number of amides is 2. The van der Waals surface area contributed by atoms with Crippen LogP contribution in [0.15, 0.2) is 65.1 Å². The van der Waals surface area contributed by atoms with Gasteiger partial charge in [-0.1, -0.05) is 29.8 Å². The summed E-state index contributed by atoms with van der Waals surface area (Å²) >= 11 is 0. The smallest absolute Gasteiger partial charge is 0.287 e. The summed E-state index contributed by atoms with van der Waals surface area (Å²) < 4.78 is 7.60. The molecular formula is C28H28N4O3. The van der Waals surface area contributed by atoms with Gasteiger partial charge in [0.25, 0.3) is 11.8 Å². The molecule has 0 saturated heterocycles. The van der Waals surface area contributed by atoms with E-state index in [2.05, 4.69) is 16.5 Å². The van der Waals surface area contributed by atoms with Crippen LogP contribution in [-0.4, -0.2) is 28.1 Å². The number of carbonyl (C=O) groups excluding carboxylic acids is 2. The molecule has 2 aromatic carbocycles. The molecule has 1 N–H and O–H groups in total. The van der Waals surface area contributed by atoms with E-state index in [9.17, 15) is 9.59 Å². The van der Waals surface area contributed by atoms with Gasteiger partial charge in [0.2, 0.25) is 0 Å². The zero-order valence-electron chi connectivity index (χ0n) is 20.2. The number of anilines is 1. The van der Waals surface area contributed by atoms with Gasteiger partial charge >= 0.3 is 0 Å². The number of hydrogen-bond donors (Lipinski definition) is 1. The average molecular weight is 469 g/mol. The molecule has 2 amide bonds. The normalized spacial score (nSPS) is 12.6. The fraction of sp³-hybridized carbons (Fsp3) is 0.250. The molecule has 0 radical (unpaired) electrons. The second-order valence-corrected chi connectivity index (χ2v) is 9.07. The Morgan fingerprint density at radius 2 is 1.89 bits per heavy atom. The maximum Gasteiger partial charge on any atom is 0.287 e. The van der Waals surface area contributed by atoms with Crippen molar-refractivity contribution in [1.82, 2.24) is 15.1 Å². The van der Waals surface area contributed by atoms with Gasteiger partial charge in [-0.05, 0) is 74.7 Å². The van der Waals surface area contributed by atoms with Gasteiger partial charge in [0.15, 0.2) is 5.76 Å². The molecule has 1 aliphatic rings. The second kappa shape index (κ2) is 9.25. The number of hydrogen-bond acceptors (Lipinski definition) is 4. The molecule has 0 atom stereocenters. The Bertz CT molecular complexity index is 1420. The molecule has 0 bridgehead atoms. The number of aromatic nitrogens is 2. The van der Waals surface area contributed by atoms with Crippen LogP contribution in [-0.2, 0) is 19.5 Å². The molecule has 178 valence electrons. The van der Waals surface area contributed by atoms with Crippen LogP contribution in [0.25, 0.3) is 0 Å². The number of nitrogens with one attached hydrogen (secondary N) is 1. The lowest BCUT2D eigenvalue weighted by atomic mass is 10.1. The highest BCUT2D eigenvalue weighted by atomic mass is 16.4. The molecule has 0 aliphatic carbocycles. The highest BCUT2D eigenvalue weighted by molar-refractivity contribution is 6.07. The van der Waals surface area contributed by atoms with E-state index in [-0.39, 0.29) is 17.6 Å². The summed E-state index contributed by atoms with van der Waals surface area (Å²) in [6.07, 6.45) is 0.794. The van der Waals surface area contributed by atoms with Gasteiger partial charge in [0.1, 0.15) is 5.76 Å². The summed E-state index contributed by atoms with van der Waals surface area (Å²) in [5.41, 5.74) is 6.79. The Kier molecular flexibility index (Phi) is 5.99. The molecule has 5 rings (SSSR count). The van der Waals surface area contributed by atoms with Crippen molar-refractivity contribution in [1.29, 1.82) is 0 Å². The highest BCUT2D eigenvalue weighted by Gasteiger charge is 2.26. The molecule has 2 aromatic heterocycles. The van der Waals surface area contributed by atoms with E-state index in [1.54, 1.807) is 12.1 Å². The minimum absolute atomic E-state index is 0.0163. The van der Waals surface area contributed by atoms with Crippen LogP contribution in [0, 0.1) is 20.8 Å². The number of rotatable bonds is 6. The Hall–Kier alpha value is -4.13. The lowest BCUT2D eigenvalue weighted by Gasteiger charge is -2.18. The summed E-state index contributed by atoms with van der Waals surface area (Å²) in [5.74, 6) is 0.707. The molecule has 4 aromatic rings. The van der Waals surface area contributed by atoms with Crippen LogP contribution in [0.2, 0.25) is 0 Å². The van der Waals surface area contributed by atoms with E-state index in [0.29, 0.717) is 31.0 Å². The van der Waals surface area contributed by atoms with Crippen LogP contribution in [0.3, 0.4) is 0 Å².